The number of carboxylic acid groups (broad SMARTS) is 1. The molecule has 5 atom stereocenters. The minimum atomic E-state index is -4.78. The van der Waals surface area contributed by atoms with Crippen LogP contribution in [0.4, 0.5) is 0 Å². The van der Waals surface area contributed by atoms with Crippen molar-refractivity contribution in [2.75, 3.05) is 19.8 Å². The fourth-order valence-electron chi connectivity index (χ4n) is 5.33. The zero-order valence-corrected chi connectivity index (χ0v) is 37.1. The van der Waals surface area contributed by atoms with Gasteiger partial charge in [-0.2, -0.15) is 0 Å². The van der Waals surface area contributed by atoms with E-state index in [1.807, 2.05) is 49.5 Å². The summed E-state index contributed by atoms with van der Waals surface area (Å²) in [5.41, 5.74) is 5.32. The van der Waals surface area contributed by atoms with Crippen molar-refractivity contribution in [1.29, 1.82) is 0 Å². The van der Waals surface area contributed by atoms with E-state index in [9.17, 15) is 34.1 Å². The summed E-state index contributed by atoms with van der Waals surface area (Å²) in [6.45, 7) is 2.39. The van der Waals surface area contributed by atoms with E-state index < -0.39 is 69.9 Å². The topological polar surface area (TPSA) is 212 Å². The van der Waals surface area contributed by atoms with Crippen molar-refractivity contribution in [2.24, 2.45) is 5.73 Å². The summed E-state index contributed by atoms with van der Waals surface area (Å²) in [6.07, 6.45) is 41.5. The van der Waals surface area contributed by atoms with E-state index in [1.165, 1.54) is 38.5 Å². The van der Waals surface area contributed by atoms with Gasteiger partial charge in [-0.3, -0.25) is 23.4 Å². The second kappa shape index (κ2) is 39.7. The molecule has 0 spiro atoms. The van der Waals surface area contributed by atoms with Crippen LogP contribution in [0.25, 0.3) is 0 Å². The molecule has 0 aromatic rings. The Hall–Kier alpha value is -3.42. The molecule has 0 aliphatic carbocycles. The van der Waals surface area contributed by atoms with Gasteiger partial charge in [-0.05, 0) is 64.2 Å². The predicted octanol–water partition coefficient (Wildman–Crippen LogP) is 9.44. The predicted molar refractivity (Wildman–Crippen MR) is 238 cm³/mol. The highest BCUT2D eigenvalue weighted by Gasteiger charge is 2.28. The molecule has 0 fully saturated rings. The fraction of sp³-hybridized carbons (Fsp3) is 0.630. The minimum absolute atomic E-state index is 0.0311. The first-order chi connectivity index (χ1) is 28.9. The molecule has 0 saturated carbocycles. The quantitative estimate of drug-likeness (QED) is 0.0128. The molecule has 1 unspecified atom stereocenters. The third-order valence-electron chi connectivity index (χ3n) is 8.80. The normalized spacial score (nSPS) is 15.6. The summed E-state index contributed by atoms with van der Waals surface area (Å²) >= 11 is 0. The smallest absolute Gasteiger partial charge is 0.472 e. The second-order valence-electron chi connectivity index (χ2n) is 14.5. The second-order valence-corrected chi connectivity index (χ2v) is 15.9. The SMILES string of the molecule is CC/C=C\C[C@H](O)/C=C/C=C\C/C=C\C=C\[C@H](O)/C=C\CCCC(=O)O[C@H](COC(=O)CCCCCCC/C=C\CCCCCCCC)COP(=O)(O)OC[C@H](N)C(=O)O. The van der Waals surface area contributed by atoms with Crippen LogP contribution in [0.5, 0.6) is 0 Å². The van der Waals surface area contributed by atoms with Crippen molar-refractivity contribution in [3.8, 4) is 0 Å². The van der Waals surface area contributed by atoms with Gasteiger partial charge in [-0.25, -0.2) is 4.57 Å². The number of unbranched alkanes of at least 4 members (excludes halogenated alkanes) is 12. The Kier molecular flexibility index (Phi) is 37.4. The number of phosphoric ester groups is 1. The number of phosphoric acid groups is 1. The Morgan fingerprint density at radius 1 is 0.633 bits per heavy atom. The van der Waals surface area contributed by atoms with Gasteiger partial charge in [-0.1, -0.05) is 150 Å². The molecule has 0 aliphatic heterocycles. The maximum Gasteiger partial charge on any atom is 0.472 e. The van der Waals surface area contributed by atoms with Crippen LogP contribution < -0.4 is 5.73 Å². The number of esters is 2. The number of ether oxygens (including phenoxy) is 2. The highest BCUT2D eigenvalue weighted by molar-refractivity contribution is 7.47. The third kappa shape index (κ3) is 38.8. The summed E-state index contributed by atoms with van der Waals surface area (Å²) in [6, 6.07) is -1.56. The van der Waals surface area contributed by atoms with Crippen molar-refractivity contribution in [1.82, 2.24) is 0 Å². The van der Waals surface area contributed by atoms with Gasteiger partial charge in [0.1, 0.15) is 12.6 Å². The van der Waals surface area contributed by atoms with Gasteiger partial charge in [0.05, 0.1) is 25.4 Å². The molecule has 0 bridgehead atoms. The van der Waals surface area contributed by atoms with E-state index in [0.29, 0.717) is 32.1 Å². The first kappa shape index (κ1) is 56.6. The number of rotatable bonds is 39. The van der Waals surface area contributed by atoms with Crippen molar-refractivity contribution in [3.63, 3.8) is 0 Å². The number of carbonyl (C=O) groups excluding carboxylic acids is 2. The number of aliphatic hydroxyl groups is 2. The maximum atomic E-state index is 12.6. The summed E-state index contributed by atoms with van der Waals surface area (Å²) in [5.74, 6) is -2.61. The van der Waals surface area contributed by atoms with Gasteiger partial charge < -0.3 is 35.4 Å². The fourth-order valence-corrected chi connectivity index (χ4v) is 6.11. The number of allylic oxidation sites excluding steroid dienone is 10. The van der Waals surface area contributed by atoms with Crippen LogP contribution in [-0.4, -0.2) is 82.3 Å². The number of carboxylic acids is 1. The van der Waals surface area contributed by atoms with Gasteiger partial charge in [0.25, 0.3) is 0 Å². The molecule has 14 heteroatoms. The molecular weight excluding hydrogens is 789 g/mol. The molecule has 0 heterocycles. The summed E-state index contributed by atoms with van der Waals surface area (Å²) in [7, 11) is -4.78. The largest absolute Gasteiger partial charge is 0.480 e. The van der Waals surface area contributed by atoms with E-state index in [4.69, 9.17) is 24.8 Å². The van der Waals surface area contributed by atoms with Crippen LogP contribution in [0.3, 0.4) is 0 Å². The number of hydrogen-bond donors (Lipinski definition) is 5. The highest BCUT2D eigenvalue weighted by atomic mass is 31.2. The van der Waals surface area contributed by atoms with Crippen LogP contribution in [0.15, 0.2) is 85.1 Å². The Labute approximate surface area is 359 Å². The van der Waals surface area contributed by atoms with Crippen molar-refractivity contribution in [2.45, 2.75) is 167 Å². The number of aliphatic hydroxyl groups excluding tert-OH is 2. The molecule has 0 aromatic carbocycles. The van der Waals surface area contributed by atoms with Gasteiger partial charge in [-0.15, -0.1) is 0 Å². The average Bonchev–Trinajstić information content (AvgIpc) is 3.21. The molecule has 0 aliphatic rings. The van der Waals surface area contributed by atoms with E-state index in [2.05, 4.69) is 23.6 Å². The van der Waals surface area contributed by atoms with E-state index >= 15 is 0 Å². The van der Waals surface area contributed by atoms with E-state index in [-0.39, 0.29) is 12.8 Å². The van der Waals surface area contributed by atoms with Crippen LogP contribution >= 0.6 is 7.82 Å². The molecule has 0 radical (unpaired) electrons. The Bertz CT molecular complexity index is 1370. The monoisotopic (exact) mass is 866 g/mol. The highest BCUT2D eigenvalue weighted by Crippen LogP contribution is 2.43. The molecule has 0 saturated heterocycles. The molecular formula is C46H76NO12P. The van der Waals surface area contributed by atoms with Crippen molar-refractivity contribution < 1.29 is 57.7 Å². The average molecular weight is 866 g/mol. The lowest BCUT2D eigenvalue weighted by Crippen LogP contribution is -2.34. The summed E-state index contributed by atoms with van der Waals surface area (Å²) in [4.78, 5) is 46.0. The lowest BCUT2D eigenvalue weighted by atomic mass is 10.1. The van der Waals surface area contributed by atoms with Gasteiger partial charge in [0.2, 0.25) is 0 Å². The van der Waals surface area contributed by atoms with E-state index in [1.54, 1.807) is 30.4 Å². The van der Waals surface area contributed by atoms with Crippen LogP contribution in [0.1, 0.15) is 142 Å². The number of nitrogens with two attached hydrogens (primary N) is 1. The number of hydrogen-bond acceptors (Lipinski definition) is 11. The van der Waals surface area contributed by atoms with E-state index in [0.717, 1.165) is 44.9 Å². The van der Waals surface area contributed by atoms with Crippen LogP contribution in [0.2, 0.25) is 0 Å². The number of aliphatic carboxylic acids is 1. The molecule has 13 nitrogen and oxygen atoms in total. The summed E-state index contributed by atoms with van der Waals surface area (Å²) in [5, 5.41) is 28.9. The molecule has 6 N–H and O–H groups in total. The van der Waals surface area contributed by atoms with Crippen LogP contribution in [0, 0.1) is 0 Å². The molecule has 0 aromatic heterocycles. The molecule has 0 amide bonds. The van der Waals surface area contributed by atoms with Crippen molar-refractivity contribution >= 4 is 25.7 Å². The Morgan fingerprint density at radius 3 is 1.87 bits per heavy atom. The molecule has 342 valence electrons. The Morgan fingerprint density at radius 2 is 1.22 bits per heavy atom. The van der Waals surface area contributed by atoms with Crippen LogP contribution in [-0.2, 0) is 37.5 Å². The zero-order chi connectivity index (χ0) is 44.5. The summed E-state index contributed by atoms with van der Waals surface area (Å²) < 4.78 is 32.5. The lowest BCUT2D eigenvalue weighted by molar-refractivity contribution is -0.161. The minimum Gasteiger partial charge on any atom is -0.480 e. The van der Waals surface area contributed by atoms with Crippen molar-refractivity contribution in [3.05, 3.63) is 85.1 Å². The third-order valence-corrected chi connectivity index (χ3v) is 9.75. The maximum absolute atomic E-state index is 12.6. The van der Waals surface area contributed by atoms with Gasteiger partial charge >= 0.3 is 25.7 Å². The number of carbonyl (C=O) groups is 3. The van der Waals surface area contributed by atoms with Gasteiger partial charge in [0, 0.05) is 12.8 Å². The first-order valence-electron chi connectivity index (χ1n) is 21.8. The first-order valence-corrected chi connectivity index (χ1v) is 23.3. The zero-order valence-electron chi connectivity index (χ0n) is 36.2. The Balaban J connectivity index is 4.65. The van der Waals surface area contributed by atoms with Gasteiger partial charge in [0.15, 0.2) is 6.10 Å². The molecule has 60 heavy (non-hydrogen) atoms. The molecule has 0 rings (SSSR count). The standard InChI is InChI=1S/C46H76NO12P/c1-3-5-7-8-9-10-11-12-13-14-15-16-20-23-29-35-44(50)56-37-42(38-57-60(54,55)58-39-43(47)46(52)53)59-45(51)36-30-24-28-34-41(49)33-27-22-19-17-18-21-26-32-40(48)31-25-6-4-2/h6,12-13,18-19,21-22,25-28,32-34,40-43,48-49H,3-5,7-11,14-17,20,23-24,29-31,35-39,47H2,1-2H3,(H,52,53)(H,54,55)/b13-12-,21-18-,22-19-,25-6-,32-26+,33-27+,34-28-/t40-,41-,42+,43-/m0/s1. The lowest BCUT2D eigenvalue weighted by Gasteiger charge is -2.20.